The Morgan fingerprint density at radius 3 is 2.24 bits per heavy atom. The Balaban J connectivity index is 2.09. The van der Waals surface area contributed by atoms with Crippen LogP contribution in [0, 0.1) is 11.6 Å². The highest BCUT2D eigenvalue weighted by Gasteiger charge is 2.12. The second kappa shape index (κ2) is 6.00. The monoisotopic (exact) mass is 292 g/mol. The molecule has 0 unspecified atom stereocenters. The standard InChI is InChI=1S/C14H10F2N2O3/c15-8-2-1-3-9(6-8)17-14(21)18-10-4-5-12(16)11(7-10)13(19)20/h1-7H,(H,19,20)(H2,17,18,21). The van der Waals surface area contributed by atoms with E-state index in [2.05, 4.69) is 10.6 Å². The molecule has 0 saturated heterocycles. The van der Waals surface area contributed by atoms with Crippen molar-refractivity contribution in [1.29, 1.82) is 0 Å². The molecule has 0 aliphatic rings. The summed E-state index contributed by atoms with van der Waals surface area (Å²) in [6.07, 6.45) is 0. The molecule has 21 heavy (non-hydrogen) atoms. The van der Waals surface area contributed by atoms with Crippen LogP contribution in [0.1, 0.15) is 10.4 Å². The molecule has 0 aliphatic carbocycles. The predicted octanol–water partition coefficient (Wildman–Crippen LogP) is 3.31. The van der Waals surface area contributed by atoms with E-state index < -0.39 is 29.2 Å². The van der Waals surface area contributed by atoms with Gasteiger partial charge in [0.05, 0.1) is 5.56 Å². The number of halogens is 2. The number of carbonyl (C=O) groups is 2. The first-order valence-corrected chi connectivity index (χ1v) is 5.82. The molecule has 5 nitrogen and oxygen atoms in total. The Morgan fingerprint density at radius 2 is 1.62 bits per heavy atom. The van der Waals surface area contributed by atoms with Gasteiger partial charge in [-0.05, 0) is 36.4 Å². The molecule has 108 valence electrons. The minimum absolute atomic E-state index is 0.0997. The smallest absolute Gasteiger partial charge is 0.338 e. The Bertz CT molecular complexity index is 704. The third kappa shape index (κ3) is 3.75. The lowest BCUT2D eigenvalue weighted by atomic mass is 10.2. The largest absolute Gasteiger partial charge is 0.478 e. The van der Waals surface area contributed by atoms with Crippen LogP contribution in [0.4, 0.5) is 25.0 Å². The van der Waals surface area contributed by atoms with Crippen LogP contribution in [0.2, 0.25) is 0 Å². The van der Waals surface area contributed by atoms with Crippen molar-refractivity contribution in [2.45, 2.75) is 0 Å². The van der Waals surface area contributed by atoms with Crippen LogP contribution >= 0.6 is 0 Å². The van der Waals surface area contributed by atoms with Gasteiger partial charge in [-0.15, -0.1) is 0 Å². The van der Waals surface area contributed by atoms with Crippen molar-refractivity contribution >= 4 is 23.4 Å². The fourth-order valence-electron chi connectivity index (χ4n) is 1.63. The number of benzene rings is 2. The van der Waals surface area contributed by atoms with Gasteiger partial charge in [0.2, 0.25) is 0 Å². The molecule has 0 bridgehead atoms. The zero-order valence-corrected chi connectivity index (χ0v) is 10.6. The molecule has 0 fully saturated rings. The lowest BCUT2D eigenvalue weighted by Gasteiger charge is -2.08. The quantitative estimate of drug-likeness (QED) is 0.812. The first kappa shape index (κ1) is 14.4. The summed E-state index contributed by atoms with van der Waals surface area (Å²) in [5.74, 6) is -2.86. The van der Waals surface area contributed by atoms with Crippen molar-refractivity contribution in [3.05, 3.63) is 59.7 Å². The molecule has 2 aromatic carbocycles. The fraction of sp³-hybridized carbons (Fsp3) is 0. The maximum atomic E-state index is 13.2. The first-order valence-electron chi connectivity index (χ1n) is 5.82. The van der Waals surface area contributed by atoms with Gasteiger partial charge in [-0.2, -0.15) is 0 Å². The van der Waals surface area contributed by atoms with E-state index in [1.165, 1.54) is 24.3 Å². The van der Waals surface area contributed by atoms with E-state index in [-0.39, 0.29) is 11.4 Å². The van der Waals surface area contributed by atoms with Crippen LogP contribution < -0.4 is 10.6 Å². The van der Waals surface area contributed by atoms with Gasteiger partial charge in [0.1, 0.15) is 11.6 Å². The molecule has 3 N–H and O–H groups in total. The van der Waals surface area contributed by atoms with E-state index in [1.54, 1.807) is 0 Å². The highest BCUT2D eigenvalue weighted by atomic mass is 19.1. The summed E-state index contributed by atoms with van der Waals surface area (Å²) in [4.78, 5) is 22.5. The van der Waals surface area contributed by atoms with Crippen LogP contribution in [0.15, 0.2) is 42.5 Å². The van der Waals surface area contributed by atoms with Crippen LogP contribution in [0.3, 0.4) is 0 Å². The Hall–Kier alpha value is -2.96. The van der Waals surface area contributed by atoms with E-state index in [0.29, 0.717) is 0 Å². The van der Waals surface area contributed by atoms with Gasteiger partial charge in [0.25, 0.3) is 0 Å². The first-order chi connectivity index (χ1) is 9.95. The molecule has 0 atom stereocenters. The average molecular weight is 292 g/mol. The van der Waals surface area contributed by atoms with Gasteiger partial charge in [0, 0.05) is 11.4 Å². The molecular formula is C14H10F2N2O3. The number of rotatable bonds is 3. The highest BCUT2D eigenvalue weighted by Crippen LogP contribution is 2.16. The summed E-state index contributed by atoms with van der Waals surface area (Å²) in [5, 5.41) is 13.5. The maximum Gasteiger partial charge on any atom is 0.338 e. The molecule has 2 amide bonds. The van der Waals surface area contributed by atoms with Gasteiger partial charge in [-0.3, -0.25) is 0 Å². The minimum atomic E-state index is -1.44. The fourth-order valence-corrected chi connectivity index (χ4v) is 1.63. The number of anilines is 2. The van der Waals surface area contributed by atoms with Crippen LogP contribution in [0.5, 0.6) is 0 Å². The van der Waals surface area contributed by atoms with Crippen molar-refractivity contribution in [1.82, 2.24) is 0 Å². The molecule has 0 heterocycles. The number of carboxylic acids is 1. The highest BCUT2D eigenvalue weighted by molar-refractivity contribution is 6.00. The van der Waals surface area contributed by atoms with Crippen molar-refractivity contribution in [3.8, 4) is 0 Å². The molecule has 0 saturated carbocycles. The summed E-state index contributed by atoms with van der Waals surface area (Å²) in [6.45, 7) is 0. The van der Waals surface area contributed by atoms with Gasteiger partial charge in [-0.25, -0.2) is 18.4 Å². The van der Waals surface area contributed by atoms with Gasteiger partial charge in [-0.1, -0.05) is 6.07 Å². The zero-order valence-electron chi connectivity index (χ0n) is 10.6. The maximum absolute atomic E-state index is 13.2. The number of carbonyl (C=O) groups excluding carboxylic acids is 1. The van der Waals surface area contributed by atoms with Gasteiger partial charge >= 0.3 is 12.0 Å². The van der Waals surface area contributed by atoms with Crippen molar-refractivity contribution < 1.29 is 23.5 Å². The third-order valence-electron chi connectivity index (χ3n) is 2.54. The Morgan fingerprint density at radius 1 is 0.952 bits per heavy atom. The number of urea groups is 1. The van der Waals surface area contributed by atoms with Crippen molar-refractivity contribution in [2.75, 3.05) is 10.6 Å². The molecule has 7 heteroatoms. The summed E-state index contributed by atoms with van der Waals surface area (Å²) in [5.41, 5.74) is -0.227. The Kier molecular flexibility index (Phi) is 4.13. The molecule has 0 radical (unpaired) electrons. The van der Waals surface area contributed by atoms with Crippen LogP contribution in [-0.2, 0) is 0 Å². The van der Waals surface area contributed by atoms with E-state index >= 15 is 0 Å². The van der Waals surface area contributed by atoms with Crippen LogP contribution in [-0.4, -0.2) is 17.1 Å². The molecule has 0 aromatic heterocycles. The number of carboxylic acid groups (broad SMARTS) is 1. The molecule has 2 aromatic rings. The predicted molar refractivity (Wildman–Crippen MR) is 72.4 cm³/mol. The van der Waals surface area contributed by atoms with Crippen molar-refractivity contribution in [2.24, 2.45) is 0 Å². The summed E-state index contributed by atoms with van der Waals surface area (Å²) in [7, 11) is 0. The lowest BCUT2D eigenvalue weighted by molar-refractivity contribution is 0.0692. The lowest BCUT2D eigenvalue weighted by Crippen LogP contribution is -2.19. The van der Waals surface area contributed by atoms with E-state index in [4.69, 9.17) is 5.11 Å². The summed E-state index contributed by atoms with van der Waals surface area (Å²) < 4.78 is 26.2. The van der Waals surface area contributed by atoms with Gasteiger partial charge in [0.15, 0.2) is 0 Å². The second-order valence-electron chi connectivity index (χ2n) is 4.09. The van der Waals surface area contributed by atoms with Gasteiger partial charge < -0.3 is 15.7 Å². The molecular weight excluding hydrogens is 282 g/mol. The topological polar surface area (TPSA) is 78.4 Å². The normalized spacial score (nSPS) is 10.0. The number of nitrogens with one attached hydrogen (secondary N) is 2. The number of hydrogen-bond donors (Lipinski definition) is 3. The minimum Gasteiger partial charge on any atom is -0.478 e. The van der Waals surface area contributed by atoms with Crippen molar-refractivity contribution in [3.63, 3.8) is 0 Å². The third-order valence-corrected chi connectivity index (χ3v) is 2.54. The van der Waals surface area contributed by atoms with Crippen LogP contribution in [0.25, 0.3) is 0 Å². The molecule has 0 spiro atoms. The second-order valence-corrected chi connectivity index (χ2v) is 4.09. The van der Waals surface area contributed by atoms with E-state index in [9.17, 15) is 18.4 Å². The molecule has 2 rings (SSSR count). The average Bonchev–Trinajstić information content (AvgIpc) is 2.40. The number of hydrogen-bond acceptors (Lipinski definition) is 2. The summed E-state index contributed by atoms with van der Waals surface area (Å²) in [6, 6.07) is 7.68. The number of amides is 2. The number of aromatic carboxylic acids is 1. The summed E-state index contributed by atoms with van der Waals surface area (Å²) >= 11 is 0. The van der Waals surface area contributed by atoms with E-state index in [1.807, 2.05) is 0 Å². The molecule has 0 aliphatic heterocycles. The van der Waals surface area contributed by atoms with E-state index in [0.717, 1.165) is 18.2 Å². The Labute approximate surface area is 118 Å². The zero-order chi connectivity index (χ0) is 15.4. The SMILES string of the molecule is O=C(Nc1cccc(F)c1)Nc1ccc(F)c(C(=O)O)c1.